The quantitative estimate of drug-likeness (QED) is 0.397. The lowest BCUT2D eigenvalue weighted by atomic mass is 10.2. The van der Waals surface area contributed by atoms with Gasteiger partial charge in [-0.2, -0.15) is 0 Å². The number of benzene rings is 2. The zero-order valence-electron chi connectivity index (χ0n) is 13.1. The van der Waals surface area contributed by atoms with Crippen molar-refractivity contribution in [3.8, 4) is 10.6 Å². The summed E-state index contributed by atoms with van der Waals surface area (Å²) in [6, 6.07) is 13.8. The van der Waals surface area contributed by atoms with Crippen LogP contribution in [-0.2, 0) is 4.79 Å². The maximum atomic E-state index is 12.0. The van der Waals surface area contributed by atoms with Gasteiger partial charge in [0.1, 0.15) is 10.0 Å². The van der Waals surface area contributed by atoms with Crippen molar-refractivity contribution in [1.29, 1.82) is 0 Å². The molecule has 130 valence electrons. The van der Waals surface area contributed by atoms with Gasteiger partial charge in [-0.3, -0.25) is 20.2 Å². The Morgan fingerprint density at radius 1 is 1.19 bits per heavy atom. The number of hydrogen-bond acceptors (Lipinski definition) is 6. The minimum absolute atomic E-state index is 0.0407. The molecule has 0 unspecified atom stereocenters. The first-order valence-corrected chi connectivity index (χ1v) is 8.54. The first kappa shape index (κ1) is 17.7. The highest BCUT2D eigenvalue weighted by atomic mass is 35.5. The molecular formula is C17H11ClN4O3S. The average Bonchev–Trinajstić information content (AvgIpc) is 3.10. The number of nitrogens with zero attached hydrogens (tertiary/aromatic N) is 3. The molecular weight excluding hydrogens is 376 g/mol. The van der Waals surface area contributed by atoms with Crippen LogP contribution in [-0.4, -0.2) is 21.0 Å². The number of carbonyl (C=O) groups is 1. The first-order chi connectivity index (χ1) is 12.5. The van der Waals surface area contributed by atoms with E-state index in [0.29, 0.717) is 15.7 Å². The van der Waals surface area contributed by atoms with Gasteiger partial charge in [-0.05, 0) is 17.7 Å². The Hall–Kier alpha value is -3.10. The Bertz CT molecular complexity index is 989. The van der Waals surface area contributed by atoms with Crippen LogP contribution in [0.3, 0.4) is 0 Å². The molecule has 0 saturated carbocycles. The smallest absolute Gasteiger partial charge is 0.288 e. The van der Waals surface area contributed by atoms with Gasteiger partial charge >= 0.3 is 0 Å². The third-order valence-corrected chi connectivity index (χ3v) is 4.48. The molecule has 26 heavy (non-hydrogen) atoms. The van der Waals surface area contributed by atoms with Gasteiger partial charge < -0.3 is 0 Å². The van der Waals surface area contributed by atoms with E-state index in [9.17, 15) is 14.9 Å². The number of nitro groups is 1. The highest BCUT2D eigenvalue weighted by Gasteiger charge is 2.12. The Morgan fingerprint density at radius 3 is 2.69 bits per heavy atom. The fourth-order valence-electron chi connectivity index (χ4n) is 2.06. The van der Waals surface area contributed by atoms with Crippen molar-refractivity contribution in [2.45, 2.75) is 0 Å². The van der Waals surface area contributed by atoms with Crippen LogP contribution in [0.4, 0.5) is 10.8 Å². The van der Waals surface area contributed by atoms with E-state index in [4.69, 9.17) is 11.6 Å². The Labute approximate surface area is 157 Å². The van der Waals surface area contributed by atoms with Crippen molar-refractivity contribution in [3.05, 3.63) is 75.3 Å². The molecule has 1 N–H and O–H groups in total. The molecule has 7 nitrogen and oxygen atoms in total. The van der Waals surface area contributed by atoms with E-state index in [2.05, 4.69) is 15.5 Å². The summed E-state index contributed by atoms with van der Waals surface area (Å²) >= 11 is 7.00. The van der Waals surface area contributed by atoms with Crippen molar-refractivity contribution in [3.63, 3.8) is 0 Å². The van der Waals surface area contributed by atoms with Gasteiger partial charge in [0.05, 0.1) is 4.92 Å². The van der Waals surface area contributed by atoms with Crippen molar-refractivity contribution >= 4 is 45.7 Å². The summed E-state index contributed by atoms with van der Waals surface area (Å²) in [5.41, 5.74) is 1.18. The second-order valence-electron chi connectivity index (χ2n) is 5.07. The lowest BCUT2D eigenvalue weighted by molar-refractivity contribution is -0.384. The minimum atomic E-state index is -0.577. The summed E-state index contributed by atoms with van der Waals surface area (Å²) in [4.78, 5) is 22.3. The summed E-state index contributed by atoms with van der Waals surface area (Å²) < 4.78 is 0. The normalized spacial score (nSPS) is 10.8. The molecule has 1 heterocycles. The highest BCUT2D eigenvalue weighted by molar-refractivity contribution is 7.18. The number of carbonyl (C=O) groups excluding carboxylic acids is 1. The third kappa shape index (κ3) is 4.29. The lowest BCUT2D eigenvalue weighted by Crippen LogP contribution is -2.07. The second-order valence-corrected chi connectivity index (χ2v) is 6.45. The van der Waals surface area contributed by atoms with Crippen LogP contribution < -0.4 is 5.32 Å². The summed E-state index contributed by atoms with van der Waals surface area (Å²) in [6.07, 6.45) is 2.72. The second kappa shape index (κ2) is 7.85. The molecule has 9 heteroatoms. The highest BCUT2D eigenvalue weighted by Crippen LogP contribution is 2.27. The molecule has 0 aliphatic rings. The van der Waals surface area contributed by atoms with E-state index >= 15 is 0 Å². The van der Waals surface area contributed by atoms with Crippen LogP contribution in [0, 0.1) is 10.1 Å². The molecule has 3 aromatic rings. The number of halogens is 1. The summed E-state index contributed by atoms with van der Waals surface area (Å²) in [5, 5.41) is 22.6. The average molecular weight is 387 g/mol. The summed E-state index contributed by atoms with van der Waals surface area (Å²) in [7, 11) is 0. The first-order valence-electron chi connectivity index (χ1n) is 7.35. The molecule has 0 fully saturated rings. The number of amides is 1. The van der Waals surface area contributed by atoms with Crippen LogP contribution in [0.25, 0.3) is 16.6 Å². The van der Waals surface area contributed by atoms with Gasteiger partial charge in [0, 0.05) is 17.7 Å². The van der Waals surface area contributed by atoms with Crippen LogP contribution in [0.15, 0.2) is 54.6 Å². The molecule has 0 radical (unpaired) electrons. The van der Waals surface area contributed by atoms with Crippen LogP contribution in [0.2, 0.25) is 5.02 Å². The zero-order chi connectivity index (χ0) is 18.5. The van der Waals surface area contributed by atoms with Gasteiger partial charge in [-0.1, -0.05) is 59.3 Å². The molecule has 0 atom stereocenters. The molecule has 1 amide bonds. The molecule has 3 rings (SSSR count). The lowest BCUT2D eigenvalue weighted by Gasteiger charge is -1.98. The largest absolute Gasteiger partial charge is 0.297 e. The summed E-state index contributed by atoms with van der Waals surface area (Å²) in [5.74, 6) is -0.418. The molecule has 1 aromatic heterocycles. The van der Waals surface area contributed by atoms with Gasteiger partial charge in [-0.15, -0.1) is 10.2 Å². The van der Waals surface area contributed by atoms with E-state index in [-0.39, 0.29) is 10.7 Å². The molecule has 0 spiro atoms. The third-order valence-electron chi connectivity index (χ3n) is 3.27. The van der Waals surface area contributed by atoms with Crippen molar-refractivity contribution in [2.75, 3.05) is 5.32 Å². The van der Waals surface area contributed by atoms with E-state index in [1.54, 1.807) is 6.07 Å². The maximum Gasteiger partial charge on any atom is 0.288 e. The number of anilines is 1. The van der Waals surface area contributed by atoms with Crippen molar-refractivity contribution < 1.29 is 9.72 Å². The van der Waals surface area contributed by atoms with Gasteiger partial charge in [0.15, 0.2) is 0 Å². The SMILES string of the molecule is O=C(/C=C/c1ccc(Cl)c([N+](=O)[O-])c1)Nc1nnc(-c2ccccc2)s1. The van der Waals surface area contributed by atoms with E-state index in [1.807, 2.05) is 30.3 Å². The molecule has 0 aliphatic carbocycles. The zero-order valence-corrected chi connectivity index (χ0v) is 14.7. The molecule has 0 saturated heterocycles. The van der Waals surface area contributed by atoms with E-state index < -0.39 is 10.8 Å². The molecule has 0 bridgehead atoms. The standard InChI is InChI=1S/C17H11ClN4O3S/c18-13-8-6-11(10-14(13)22(24)25)7-9-15(23)19-17-21-20-16(26-17)12-4-2-1-3-5-12/h1-10H,(H,19,21,23)/b9-7+. The number of hydrogen-bond donors (Lipinski definition) is 1. The van der Waals surface area contributed by atoms with Crippen LogP contribution >= 0.6 is 22.9 Å². The monoisotopic (exact) mass is 386 g/mol. The predicted octanol–water partition coefficient (Wildman–Crippen LogP) is 4.42. The van der Waals surface area contributed by atoms with Crippen LogP contribution in [0.1, 0.15) is 5.56 Å². The Kier molecular flexibility index (Phi) is 5.35. The summed E-state index contributed by atoms with van der Waals surface area (Å²) in [6.45, 7) is 0. The number of nitro benzene ring substituents is 1. The van der Waals surface area contributed by atoms with Crippen molar-refractivity contribution in [2.24, 2.45) is 0 Å². The minimum Gasteiger partial charge on any atom is -0.297 e. The van der Waals surface area contributed by atoms with Gasteiger partial charge in [-0.25, -0.2) is 0 Å². The van der Waals surface area contributed by atoms with Gasteiger partial charge in [0.2, 0.25) is 11.0 Å². The number of aromatic nitrogens is 2. The number of nitrogens with one attached hydrogen (secondary N) is 1. The van der Waals surface area contributed by atoms with Crippen LogP contribution in [0.5, 0.6) is 0 Å². The topological polar surface area (TPSA) is 98.0 Å². The van der Waals surface area contributed by atoms with Crippen molar-refractivity contribution in [1.82, 2.24) is 10.2 Å². The number of rotatable bonds is 5. The fourth-order valence-corrected chi connectivity index (χ4v) is 3.00. The Morgan fingerprint density at radius 2 is 1.96 bits per heavy atom. The molecule has 0 aliphatic heterocycles. The predicted molar refractivity (Wildman–Crippen MR) is 101 cm³/mol. The van der Waals surface area contributed by atoms with Gasteiger partial charge in [0.25, 0.3) is 5.69 Å². The van der Waals surface area contributed by atoms with E-state index in [1.165, 1.54) is 35.6 Å². The molecule has 2 aromatic carbocycles. The fraction of sp³-hybridized carbons (Fsp3) is 0. The Balaban J connectivity index is 1.68. The maximum absolute atomic E-state index is 12.0. The van der Waals surface area contributed by atoms with E-state index in [0.717, 1.165) is 5.56 Å².